The van der Waals surface area contributed by atoms with E-state index in [0.29, 0.717) is 13.1 Å². The predicted molar refractivity (Wildman–Crippen MR) is 169 cm³/mol. The van der Waals surface area contributed by atoms with Gasteiger partial charge in [0.15, 0.2) is 6.29 Å². The van der Waals surface area contributed by atoms with E-state index in [1.54, 1.807) is 6.92 Å². The molecule has 3 aromatic carbocycles. The van der Waals surface area contributed by atoms with E-state index in [4.69, 9.17) is 14.2 Å². The third-order valence-corrected chi connectivity index (χ3v) is 8.46. The first-order valence-electron chi connectivity index (χ1n) is 15.6. The molecule has 2 aliphatic heterocycles. The summed E-state index contributed by atoms with van der Waals surface area (Å²) in [7, 11) is 0. The van der Waals surface area contributed by atoms with E-state index < -0.39 is 18.3 Å². The minimum atomic E-state index is -0.588. The van der Waals surface area contributed by atoms with E-state index in [0.717, 1.165) is 46.3 Å². The summed E-state index contributed by atoms with van der Waals surface area (Å²) in [6.07, 6.45) is -0.449. The van der Waals surface area contributed by atoms with Crippen LogP contribution in [0.4, 0.5) is 4.79 Å². The second-order valence-corrected chi connectivity index (χ2v) is 11.6. The Morgan fingerprint density at radius 2 is 1.71 bits per heavy atom. The fourth-order valence-electron chi connectivity index (χ4n) is 5.94. The smallest absolute Gasteiger partial charge is 0.325 e. The summed E-state index contributed by atoms with van der Waals surface area (Å²) in [4.78, 5) is 26.0. The molecule has 3 aromatic rings. The Hall–Kier alpha value is -3.80. The lowest BCUT2D eigenvalue weighted by Gasteiger charge is -2.42. The van der Waals surface area contributed by atoms with Gasteiger partial charge in [-0.3, -0.25) is 9.69 Å². The van der Waals surface area contributed by atoms with Gasteiger partial charge in [0.25, 0.3) is 0 Å². The minimum Gasteiger partial charge on any atom is -0.465 e. The van der Waals surface area contributed by atoms with Crippen LogP contribution in [-0.2, 0) is 32.2 Å². The molecule has 10 heteroatoms. The van der Waals surface area contributed by atoms with E-state index >= 15 is 0 Å². The number of carbonyl (C=O) groups is 2. The van der Waals surface area contributed by atoms with Crippen molar-refractivity contribution < 1.29 is 34.0 Å². The van der Waals surface area contributed by atoms with Gasteiger partial charge in [-0.2, -0.15) is 0 Å². The van der Waals surface area contributed by atoms with E-state index in [2.05, 4.69) is 22.5 Å². The number of urea groups is 1. The molecular formula is C35H43N3O7. The fraction of sp³-hybridized carbons (Fsp3) is 0.429. The van der Waals surface area contributed by atoms with Crippen LogP contribution in [0.15, 0.2) is 72.8 Å². The van der Waals surface area contributed by atoms with Gasteiger partial charge in [0, 0.05) is 37.7 Å². The number of hydrogen-bond donors (Lipinski definition) is 4. The summed E-state index contributed by atoms with van der Waals surface area (Å²) in [5.74, 6) is -0.423. The molecule has 5 atom stereocenters. The van der Waals surface area contributed by atoms with Crippen molar-refractivity contribution in [3.63, 3.8) is 0 Å². The molecule has 2 heterocycles. The van der Waals surface area contributed by atoms with Crippen LogP contribution in [0.2, 0.25) is 0 Å². The highest BCUT2D eigenvalue weighted by Crippen LogP contribution is 2.42. The second kappa shape index (κ2) is 15.5. The van der Waals surface area contributed by atoms with Crippen LogP contribution >= 0.6 is 0 Å². The van der Waals surface area contributed by atoms with Crippen molar-refractivity contribution in [3.05, 3.63) is 95.1 Å². The van der Waals surface area contributed by atoms with Gasteiger partial charge in [0.2, 0.25) is 0 Å². The molecule has 10 nitrogen and oxygen atoms in total. The maximum absolute atomic E-state index is 12.2. The van der Waals surface area contributed by atoms with Crippen LogP contribution < -0.4 is 10.6 Å². The molecular weight excluding hydrogens is 574 g/mol. The number of nitrogens with one attached hydrogen (secondary N) is 2. The normalized spacial score (nSPS) is 23.4. The number of β-amino-alcohol motifs (C(OH)–C–C–N with tert-alkyl or cyclic N) is 1. The standard InChI is InChI=1S/C35H43N3O7/c1-3-43-32(41)19-37-35(42)36-18-28-6-4-5-7-30(28)25-12-14-27(15-13-25)34-44-31(21-38-17-16-29(40)20-38)23(2)33(45-34)26-10-8-24(22-39)9-11-26/h4-15,23,29,31,33-34,39-40H,3,16-22H2,1-2H3,(H2,36,37,42)/t23-,29+,31+,33+,34+/m1/s1. The Kier molecular flexibility index (Phi) is 11.2. The van der Waals surface area contributed by atoms with Crippen molar-refractivity contribution >= 4 is 12.0 Å². The zero-order chi connectivity index (χ0) is 31.8. The van der Waals surface area contributed by atoms with Gasteiger partial charge in [-0.05, 0) is 41.2 Å². The van der Waals surface area contributed by atoms with Crippen LogP contribution in [0, 0.1) is 5.92 Å². The van der Waals surface area contributed by atoms with Gasteiger partial charge in [-0.15, -0.1) is 0 Å². The Morgan fingerprint density at radius 1 is 0.978 bits per heavy atom. The fourth-order valence-corrected chi connectivity index (χ4v) is 5.94. The first kappa shape index (κ1) is 32.6. The number of rotatable bonds is 11. The molecule has 2 amide bonds. The highest BCUT2D eigenvalue weighted by molar-refractivity contribution is 5.81. The molecule has 5 rings (SSSR count). The average molecular weight is 618 g/mol. The van der Waals surface area contributed by atoms with Gasteiger partial charge in [0.05, 0.1) is 31.5 Å². The summed E-state index contributed by atoms with van der Waals surface area (Å²) in [6, 6.07) is 23.3. The number of benzene rings is 3. The monoisotopic (exact) mass is 617 g/mol. The van der Waals surface area contributed by atoms with Crippen LogP contribution in [-0.4, -0.2) is 72.1 Å². The van der Waals surface area contributed by atoms with Crippen molar-refractivity contribution in [2.45, 2.75) is 58.0 Å². The number of esters is 1. The van der Waals surface area contributed by atoms with Crippen molar-refractivity contribution in [3.8, 4) is 11.1 Å². The molecule has 0 radical (unpaired) electrons. The van der Waals surface area contributed by atoms with Crippen molar-refractivity contribution in [2.24, 2.45) is 5.92 Å². The van der Waals surface area contributed by atoms with Crippen LogP contribution in [0.1, 0.15) is 54.9 Å². The topological polar surface area (TPSA) is 130 Å². The first-order valence-corrected chi connectivity index (χ1v) is 15.6. The number of likely N-dealkylation sites (tertiary alicyclic amines) is 1. The summed E-state index contributed by atoms with van der Waals surface area (Å²) in [5, 5.41) is 24.9. The minimum absolute atomic E-state index is 0.0127. The molecule has 2 aliphatic rings. The van der Waals surface area contributed by atoms with Gasteiger partial charge >= 0.3 is 12.0 Å². The number of amides is 2. The second-order valence-electron chi connectivity index (χ2n) is 11.6. The summed E-state index contributed by atoms with van der Waals surface area (Å²) in [5.41, 5.74) is 5.65. The number of ether oxygens (including phenoxy) is 3. The van der Waals surface area contributed by atoms with E-state index in [9.17, 15) is 19.8 Å². The zero-order valence-electron chi connectivity index (χ0n) is 25.9. The van der Waals surface area contributed by atoms with Crippen LogP contribution in [0.3, 0.4) is 0 Å². The van der Waals surface area contributed by atoms with Gasteiger partial charge < -0.3 is 35.1 Å². The van der Waals surface area contributed by atoms with E-state index in [1.165, 1.54) is 0 Å². The maximum Gasteiger partial charge on any atom is 0.325 e. The van der Waals surface area contributed by atoms with Crippen molar-refractivity contribution in [1.29, 1.82) is 0 Å². The highest BCUT2D eigenvalue weighted by atomic mass is 16.7. The number of aliphatic hydroxyl groups is 2. The molecule has 0 saturated carbocycles. The number of nitrogens with zero attached hydrogens (tertiary/aromatic N) is 1. The van der Waals surface area contributed by atoms with Crippen LogP contribution in [0.5, 0.6) is 0 Å². The quantitative estimate of drug-likeness (QED) is 0.237. The van der Waals surface area contributed by atoms with Crippen molar-refractivity contribution in [2.75, 3.05) is 32.8 Å². The number of hydrogen-bond acceptors (Lipinski definition) is 8. The number of aliphatic hydroxyl groups excluding tert-OH is 2. The number of carbonyl (C=O) groups excluding carboxylic acids is 2. The van der Waals surface area contributed by atoms with Crippen LogP contribution in [0.25, 0.3) is 11.1 Å². The molecule has 0 aromatic heterocycles. The predicted octanol–water partition coefficient (Wildman–Crippen LogP) is 4.07. The Morgan fingerprint density at radius 3 is 2.40 bits per heavy atom. The summed E-state index contributed by atoms with van der Waals surface area (Å²) < 4.78 is 18.1. The van der Waals surface area contributed by atoms with E-state index in [-0.39, 0.29) is 50.5 Å². The maximum atomic E-state index is 12.2. The van der Waals surface area contributed by atoms with Gasteiger partial charge in [-0.1, -0.05) is 79.7 Å². The zero-order valence-corrected chi connectivity index (χ0v) is 25.9. The molecule has 0 spiro atoms. The Bertz CT molecular complexity index is 1420. The lowest BCUT2D eigenvalue weighted by molar-refractivity contribution is -0.276. The van der Waals surface area contributed by atoms with Crippen molar-refractivity contribution in [1.82, 2.24) is 15.5 Å². The molecule has 0 aliphatic carbocycles. The SMILES string of the molecule is CCOC(=O)CNC(=O)NCc1ccccc1-c1ccc([C@H]2O[C@@H](CN3CC[C@H](O)C3)[C@@H](C)[C@@H](c3ccc(CO)cc3)O2)cc1. The molecule has 2 saturated heterocycles. The first-order chi connectivity index (χ1) is 21.8. The molecule has 45 heavy (non-hydrogen) atoms. The molecule has 0 bridgehead atoms. The third-order valence-electron chi connectivity index (χ3n) is 8.46. The highest BCUT2D eigenvalue weighted by Gasteiger charge is 2.39. The molecule has 240 valence electrons. The lowest BCUT2D eigenvalue weighted by Crippen LogP contribution is -2.44. The Labute approximate surface area is 264 Å². The third kappa shape index (κ3) is 8.47. The average Bonchev–Trinajstić information content (AvgIpc) is 3.48. The van der Waals surface area contributed by atoms with Gasteiger partial charge in [-0.25, -0.2) is 4.79 Å². The summed E-state index contributed by atoms with van der Waals surface area (Å²) in [6.45, 7) is 6.38. The molecule has 0 unspecified atom stereocenters. The Balaban J connectivity index is 1.30. The van der Waals surface area contributed by atoms with Gasteiger partial charge in [0.1, 0.15) is 6.54 Å². The largest absolute Gasteiger partial charge is 0.465 e. The lowest BCUT2D eigenvalue weighted by atomic mass is 9.90. The van der Waals surface area contributed by atoms with E-state index in [1.807, 2.05) is 72.8 Å². The molecule has 2 fully saturated rings. The molecule has 4 N–H and O–H groups in total. The summed E-state index contributed by atoms with van der Waals surface area (Å²) >= 11 is 0.